The first-order valence-electron chi connectivity index (χ1n) is 12.7. The SMILES string of the molecule is CCOC(=O)NC(C(=O)OCC)(N1CCN(c2cc3c(cc2F)c(=O)c(C(=O)O)cn3C2CC2)CC1)C(F)(F)F. The number of hydrogen-bond donors (Lipinski definition) is 2. The van der Waals surface area contributed by atoms with Crippen LogP contribution in [0.3, 0.4) is 0 Å². The predicted octanol–water partition coefficient (Wildman–Crippen LogP) is 2.86. The van der Waals surface area contributed by atoms with E-state index in [4.69, 9.17) is 4.74 Å². The summed E-state index contributed by atoms with van der Waals surface area (Å²) in [6.07, 6.45) is -4.06. The second kappa shape index (κ2) is 10.9. The number of anilines is 1. The van der Waals surface area contributed by atoms with E-state index in [0.717, 1.165) is 18.9 Å². The molecule has 40 heavy (non-hydrogen) atoms. The Morgan fingerprint density at radius 1 is 1.05 bits per heavy atom. The number of carboxylic acid groups (broad SMARTS) is 1. The summed E-state index contributed by atoms with van der Waals surface area (Å²) < 4.78 is 69.7. The zero-order valence-electron chi connectivity index (χ0n) is 21.7. The molecule has 1 atom stereocenters. The number of halogens is 4. The van der Waals surface area contributed by atoms with Crippen LogP contribution < -0.4 is 15.6 Å². The van der Waals surface area contributed by atoms with Crippen molar-refractivity contribution in [3.8, 4) is 0 Å². The lowest BCUT2D eigenvalue weighted by molar-refractivity contribution is -0.248. The summed E-state index contributed by atoms with van der Waals surface area (Å²) in [6.45, 7) is 0.847. The number of hydrogen-bond acceptors (Lipinski definition) is 8. The van der Waals surface area contributed by atoms with Crippen LogP contribution >= 0.6 is 0 Å². The van der Waals surface area contributed by atoms with Gasteiger partial charge in [0.1, 0.15) is 11.4 Å². The number of alkyl carbamates (subject to hydrolysis) is 1. The van der Waals surface area contributed by atoms with Gasteiger partial charge in [0, 0.05) is 43.8 Å². The zero-order chi connectivity index (χ0) is 29.4. The van der Waals surface area contributed by atoms with E-state index in [9.17, 15) is 37.5 Å². The Hall–Kier alpha value is -3.88. The number of benzene rings is 1. The third-order valence-electron chi connectivity index (χ3n) is 6.91. The Kier molecular flexibility index (Phi) is 7.97. The van der Waals surface area contributed by atoms with Gasteiger partial charge in [-0.2, -0.15) is 13.2 Å². The van der Waals surface area contributed by atoms with Crippen LogP contribution in [0.25, 0.3) is 10.9 Å². The highest BCUT2D eigenvalue weighted by Crippen LogP contribution is 2.39. The maximum absolute atomic E-state index is 15.3. The smallest absolute Gasteiger partial charge is 0.436 e. The number of aromatic nitrogens is 1. The van der Waals surface area contributed by atoms with Crippen molar-refractivity contribution in [2.75, 3.05) is 44.3 Å². The molecule has 1 aliphatic heterocycles. The highest BCUT2D eigenvalue weighted by Gasteiger charge is 2.67. The molecule has 11 nitrogen and oxygen atoms in total. The van der Waals surface area contributed by atoms with E-state index in [1.807, 2.05) is 0 Å². The van der Waals surface area contributed by atoms with Gasteiger partial charge in [0.25, 0.3) is 5.66 Å². The Balaban J connectivity index is 1.69. The number of ether oxygens (including phenoxy) is 2. The van der Waals surface area contributed by atoms with E-state index in [-0.39, 0.29) is 43.4 Å². The summed E-state index contributed by atoms with van der Waals surface area (Å²) in [4.78, 5) is 51.3. The number of fused-ring (bicyclic) bond motifs is 1. The number of pyridine rings is 1. The molecule has 1 unspecified atom stereocenters. The molecular weight excluding hydrogens is 544 g/mol. The molecule has 1 aromatic heterocycles. The molecule has 2 fully saturated rings. The van der Waals surface area contributed by atoms with Crippen LogP contribution in [0.5, 0.6) is 0 Å². The molecule has 1 saturated heterocycles. The molecule has 1 amide bonds. The van der Waals surface area contributed by atoms with Crippen LogP contribution in [0.1, 0.15) is 43.1 Å². The average Bonchev–Trinajstić information content (AvgIpc) is 3.72. The lowest BCUT2D eigenvalue weighted by Crippen LogP contribution is -2.75. The van der Waals surface area contributed by atoms with Gasteiger partial charge in [0.2, 0.25) is 5.43 Å². The van der Waals surface area contributed by atoms with Crippen molar-refractivity contribution in [2.45, 2.75) is 44.6 Å². The van der Waals surface area contributed by atoms with Crippen LogP contribution in [0.15, 0.2) is 23.1 Å². The second-order valence-corrected chi connectivity index (χ2v) is 9.38. The molecule has 218 valence electrons. The van der Waals surface area contributed by atoms with Crippen molar-refractivity contribution in [3.05, 3.63) is 39.9 Å². The number of piperazine rings is 1. The quantitative estimate of drug-likeness (QED) is 0.362. The Labute approximate surface area is 225 Å². The maximum Gasteiger partial charge on any atom is 0.436 e. The number of nitrogens with one attached hydrogen (secondary N) is 1. The number of alkyl halides is 3. The van der Waals surface area contributed by atoms with Crippen molar-refractivity contribution in [1.29, 1.82) is 0 Å². The molecule has 0 radical (unpaired) electrons. The van der Waals surface area contributed by atoms with E-state index in [0.29, 0.717) is 10.4 Å². The fourth-order valence-electron chi connectivity index (χ4n) is 4.87. The third kappa shape index (κ3) is 5.17. The van der Waals surface area contributed by atoms with Crippen LogP contribution in [0.2, 0.25) is 0 Å². The molecule has 2 N–H and O–H groups in total. The van der Waals surface area contributed by atoms with Gasteiger partial charge in [0.15, 0.2) is 0 Å². The monoisotopic (exact) mass is 572 g/mol. The number of aromatic carboxylic acids is 1. The average molecular weight is 573 g/mol. The largest absolute Gasteiger partial charge is 0.477 e. The summed E-state index contributed by atoms with van der Waals surface area (Å²) in [5, 5.41) is 10.9. The fraction of sp³-hybridized carbons (Fsp3) is 0.520. The van der Waals surface area contributed by atoms with Crippen molar-refractivity contribution in [2.24, 2.45) is 0 Å². The second-order valence-electron chi connectivity index (χ2n) is 9.38. The summed E-state index contributed by atoms with van der Waals surface area (Å²) in [5.41, 5.74) is -4.57. The van der Waals surface area contributed by atoms with Gasteiger partial charge in [-0.25, -0.2) is 18.8 Å². The molecule has 2 aromatic rings. The fourth-order valence-corrected chi connectivity index (χ4v) is 4.87. The first-order valence-corrected chi connectivity index (χ1v) is 12.7. The molecule has 1 aromatic carbocycles. The Morgan fingerprint density at radius 2 is 1.68 bits per heavy atom. The molecule has 1 aliphatic carbocycles. The minimum absolute atomic E-state index is 0.00359. The number of esters is 1. The van der Waals surface area contributed by atoms with Gasteiger partial charge in [-0.1, -0.05) is 0 Å². The van der Waals surface area contributed by atoms with Gasteiger partial charge >= 0.3 is 24.2 Å². The molecule has 15 heteroatoms. The van der Waals surface area contributed by atoms with E-state index in [1.54, 1.807) is 9.88 Å². The van der Waals surface area contributed by atoms with Crippen molar-refractivity contribution < 1.29 is 46.5 Å². The number of amides is 1. The molecule has 0 bridgehead atoms. The maximum atomic E-state index is 15.3. The van der Waals surface area contributed by atoms with E-state index < -0.39 is 59.8 Å². The van der Waals surface area contributed by atoms with Crippen molar-refractivity contribution >= 4 is 34.6 Å². The van der Waals surface area contributed by atoms with Crippen LogP contribution in [0, 0.1) is 5.82 Å². The summed E-state index contributed by atoms with van der Waals surface area (Å²) in [6, 6.07) is 2.25. The zero-order valence-corrected chi connectivity index (χ0v) is 21.7. The summed E-state index contributed by atoms with van der Waals surface area (Å²) in [5.74, 6) is -4.03. The first-order chi connectivity index (χ1) is 18.8. The number of rotatable bonds is 8. The van der Waals surface area contributed by atoms with E-state index in [1.165, 1.54) is 31.0 Å². The minimum Gasteiger partial charge on any atom is -0.477 e. The molecule has 1 saturated carbocycles. The lowest BCUT2D eigenvalue weighted by Gasteiger charge is -2.46. The van der Waals surface area contributed by atoms with Gasteiger partial charge in [-0.3, -0.25) is 15.0 Å². The highest BCUT2D eigenvalue weighted by atomic mass is 19.4. The standard InChI is InChI=1S/C25H28F4N4O7/c1-3-39-22(37)24(25(27,28)29,30-23(38)40-4-2)32-9-7-31(8-10-32)19-12-18-15(11-17(19)26)20(34)16(21(35)36)13-33(18)14-5-6-14/h11-14H,3-10H2,1-2H3,(H,30,38)(H,35,36). The van der Waals surface area contributed by atoms with Crippen LogP contribution in [-0.4, -0.2) is 83.8 Å². The Bertz CT molecular complexity index is 1380. The number of nitrogens with zero attached hydrogens (tertiary/aromatic N) is 3. The lowest BCUT2D eigenvalue weighted by atomic mass is 10.0. The van der Waals surface area contributed by atoms with Gasteiger partial charge in [-0.15, -0.1) is 0 Å². The Morgan fingerprint density at radius 3 is 2.20 bits per heavy atom. The van der Waals surface area contributed by atoms with E-state index in [2.05, 4.69) is 4.74 Å². The topological polar surface area (TPSA) is 130 Å². The molecule has 2 heterocycles. The van der Waals surface area contributed by atoms with Gasteiger partial charge in [0.05, 0.1) is 24.4 Å². The van der Waals surface area contributed by atoms with Gasteiger partial charge < -0.3 is 24.0 Å². The van der Waals surface area contributed by atoms with Crippen molar-refractivity contribution in [3.63, 3.8) is 0 Å². The molecule has 0 spiro atoms. The van der Waals surface area contributed by atoms with E-state index >= 15 is 4.39 Å². The summed E-state index contributed by atoms with van der Waals surface area (Å²) >= 11 is 0. The molecular formula is C25H28F4N4O7. The molecule has 4 rings (SSSR count). The molecule has 2 aliphatic rings. The minimum atomic E-state index is -5.30. The van der Waals surface area contributed by atoms with Crippen LogP contribution in [0.4, 0.5) is 28.0 Å². The highest BCUT2D eigenvalue weighted by molar-refractivity contribution is 5.93. The first kappa shape index (κ1) is 29.1. The third-order valence-corrected chi connectivity index (χ3v) is 6.91. The van der Waals surface area contributed by atoms with Gasteiger partial charge in [-0.05, 0) is 38.8 Å². The predicted molar refractivity (Wildman–Crippen MR) is 133 cm³/mol. The van der Waals surface area contributed by atoms with Crippen molar-refractivity contribution in [1.82, 2.24) is 14.8 Å². The number of carboxylic acids is 1. The summed E-state index contributed by atoms with van der Waals surface area (Å²) in [7, 11) is 0. The normalized spacial score (nSPS) is 17.8. The number of carbonyl (C=O) groups is 3. The van der Waals surface area contributed by atoms with Crippen LogP contribution in [-0.2, 0) is 14.3 Å². The number of carbonyl (C=O) groups excluding carboxylic acids is 2.